The van der Waals surface area contributed by atoms with E-state index in [-0.39, 0.29) is 0 Å². The van der Waals surface area contributed by atoms with E-state index in [2.05, 4.69) is 18.3 Å². The van der Waals surface area contributed by atoms with Gasteiger partial charge in [-0.1, -0.05) is 17.7 Å². The topological polar surface area (TPSA) is 21.3 Å². The summed E-state index contributed by atoms with van der Waals surface area (Å²) in [6, 6.07) is 6.05. The zero-order chi connectivity index (χ0) is 12.1. The molecule has 0 aliphatic carbocycles. The molecule has 2 rings (SSSR count). The first-order valence-corrected chi connectivity index (χ1v) is 6.71. The average Bonchev–Trinajstić information content (AvgIpc) is 2.33. The highest BCUT2D eigenvalue weighted by Crippen LogP contribution is 2.15. The maximum absolute atomic E-state index is 5.93. The van der Waals surface area contributed by atoms with E-state index in [1.807, 2.05) is 12.1 Å². The van der Waals surface area contributed by atoms with E-state index in [0.29, 0.717) is 6.10 Å². The number of hydrogen-bond donors (Lipinski definition) is 1. The molecule has 1 aliphatic rings. The maximum Gasteiger partial charge on any atom is 0.0699 e. The number of ether oxygens (including phenoxy) is 1. The monoisotopic (exact) mass is 253 g/mol. The average molecular weight is 254 g/mol. The summed E-state index contributed by atoms with van der Waals surface area (Å²) in [5.74, 6) is 0. The Labute approximate surface area is 108 Å². The van der Waals surface area contributed by atoms with Gasteiger partial charge in [-0.2, -0.15) is 0 Å². The summed E-state index contributed by atoms with van der Waals surface area (Å²) in [5.41, 5.74) is 2.56. The minimum atomic E-state index is 0.399. The quantitative estimate of drug-likeness (QED) is 0.889. The molecule has 3 heteroatoms. The van der Waals surface area contributed by atoms with Gasteiger partial charge in [-0.3, -0.25) is 0 Å². The molecule has 0 amide bonds. The molecule has 1 heterocycles. The van der Waals surface area contributed by atoms with Crippen LogP contribution in [0, 0.1) is 6.92 Å². The number of hydrogen-bond acceptors (Lipinski definition) is 2. The summed E-state index contributed by atoms with van der Waals surface area (Å²) in [4.78, 5) is 0. The van der Waals surface area contributed by atoms with Gasteiger partial charge in [0.05, 0.1) is 6.10 Å². The molecular weight excluding hydrogens is 234 g/mol. The van der Waals surface area contributed by atoms with E-state index in [1.165, 1.54) is 30.4 Å². The molecule has 17 heavy (non-hydrogen) atoms. The van der Waals surface area contributed by atoms with E-state index in [9.17, 15) is 0 Å². The summed E-state index contributed by atoms with van der Waals surface area (Å²) in [7, 11) is 0. The molecule has 0 bridgehead atoms. The fraction of sp³-hybridized carbons (Fsp3) is 0.571. The molecule has 1 N–H and O–H groups in total. The first kappa shape index (κ1) is 12.9. The Morgan fingerprint density at radius 1 is 1.41 bits per heavy atom. The van der Waals surface area contributed by atoms with Gasteiger partial charge < -0.3 is 10.1 Å². The van der Waals surface area contributed by atoms with Crippen LogP contribution in [0.4, 0.5) is 0 Å². The summed E-state index contributed by atoms with van der Waals surface area (Å²) in [5, 5.41) is 4.27. The van der Waals surface area contributed by atoms with Crippen LogP contribution in [0.2, 0.25) is 5.02 Å². The van der Waals surface area contributed by atoms with Crippen LogP contribution < -0.4 is 5.32 Å². The van der Waals surface area contributed by atoms with Crippen molar-refractivity contribution in [3.8, 4) is 0 Å². The van der Waals surface area contributed by atoms with Gasteiger partial charge in [0.1, 0.15) is 0 Å². The standard InChI is InChI=1S/C14H20ClNO/c1-11-8-13(15)6-5-12(11)9-16-10-14-4-2-3-7-17-14/h5-6,8,14,16H,2-4,7,9-10H2,1H3. The predicted octanol–water partition coefficient (Wildman–Crippen LogP) is 3.31. The summed E-state index contributed by atoms with van der Waals surface area (Å²) >= 11 is 5.93. The summed E-state index contributed by atoms with van der Waals surface area (Å²) in [6.45, 7) is 4.86. The highest BCUT2D eigenvalue weighted by atomic mass is 35.5. The third-order valence-electron chi connectivity index (χ3n) is 3.27. The van der Waals surface area contributed by atoms with Gasteiger partial charge in [0.25, 0.3) is 0 Å². The second kappa shape index (κ2) is 6.39. The summed E-state index contributed by atoms with van der Waals surface area (Å²) in [6.07, 6.45) is 4.10. The molecule has 1 aromatic carbocycles. The van der Waals surface area contributed by atoms with Crippen LogP contribution >= 0.6 is 11.6 Å². The number of halogens is 1. The van der Waals surface area contributed by atoms with Crippen LogP contribution in [0.1, 0.15) is 30.4 Å². The highest BCUT2D eigenvalue weighted by Gasteiger charge is 2.12. The van der Waals surface area contributed by atoms with Crippen molar-refractivity contribution >= 4 is 11.6 Å². The Hall–Kier alpha value is -0.570. The third kappa shape index (κ3) is 3.98. The van der Waals surface area contributed by atoms with Crippen molar-refractivity contribution in [2.45, 2.75) is 38.8 Å². The minimum absolute atomic E-state index is 0.399. The molecular formula is C14H20ClNO. The van der Waals surface area contributed by atoms with E-state index < -0.39 is 0 Å². The Balaban J connectivity index is 1.77. The first-order valence-electron chi connectivity index (χ1n) is 6.33. The van der Waals surface area contributed by atoms with Crippen molar-refractivity contribution in [3.63, 3.8) is 0 Å². The lowest BCUT2D eigenvalue weighted by molar-refractivity contribution is 0.0168. The van der Waals surface area contributed by atoms with Crippen LogP contribution in [0.3, 0.4) is 0 Å². The van der Waals surface area contributed by atoms with E-state index in [4.69, 9.17) is 16.3 Å². The van der Waals surface area contributed by atoms with Crippen molar-refractivity contribution in [1.29, 1.82) is 0 Å². The Morgan fingerprint density at radius 3 is 3.00 bits per heavy atom. The van der Waals surface area contributed by atoms with E-state index >= 15 is 0 Å². The molecule has 2 nitrogen and oxygen atoms in total. The van der Waals surface area contributed by atoms with Crippen LogP contribution in [0.15, 0.2) is 18.2 Å². The SMILES string of the molecule is Cc1cc(Cl)ccc1CNCC1CCCCO1. The second-order valence-corrected chi connectivity index (χ2v) is 5.13. The molecule has 0 radical (unpaired) electrons. The largest absolute Gasteiger partial charge is 0.377 e. The van der Waals surface area contributed by atoms with Crippen LogP contribution in [0.25, 0.3) is 0 Å². The van der Waals surface area contributed by atoms with Gasteiger partial charge in [0.15, 0.2) is 0 Å². The first-order chi connectivity index (χ1) is 8.25. The number of rotatable bonds is 4. The van der Waals surface area contributed by atoms with Crippen molar-refractivity contribution in [1.82, 2.24) is 5.32 Å². The van der Waals surface area contributed by atoms with E-state index in [1.54, 1.807) is 0 Å². The minimum Gasteiger partial charge on any atom is -0.377 e. The molecule has 1 aliphatic heterocycles. The van der Waals surface area contributed by atoms with Crippen LogP contribution in [-0.2, 0) is 11.3 Å². The van der Waals surface area contributed by atoms with E-state index in [0.717, 1.165) is 24.7 Å². The normalized spacial score (nSPS) is 20.5. The van der Waals surface area contributed by atoms with Crippen LogP contribution in [-0.4, -0.2) is 19.3 Å². The van der Waals surface area contributed by atoms with Crippen molar-refractivity contribution in [2.75, 3.05) is 13.2 Å². The number of nitrogens with one attached hydrogen (secondary N) is 1. The second-order valence-electron chi connectivity index (χ2n) is 4.69. The zero-order valence-corrected chi connectivity index (χ0v) is 11.1. The Bertz CT molecular complexity index is 361. The van der Waals surface area contributed by atoms with Gasteiger partial charge in [-0.25, -0.2) is 0 Å². The molecule has 1 atom stereocenters. The number of benzene rings is 1. The van der Waals surface area contributed by atoms with Crippen molar-refractivity contribution in [2.24, 2.45) is 0 Å². The lowest BCUT2D eigenvalue weighted by Crippen LogP contribution is -2.31. The van der Waals surface area contributed by atoms with Crippen molar-refractivity contribution in [3.05, 3.63) is 34.3 Å². The molecule has 1 aromatic rings. The molecule has 0 spiro atoms. The lowest BCUT2D eigenvalue weighted by Gasteiger charge is -2.23. The molecule has 94 valence electrons. The zero-order valence-electron chi connectivity index (χ0n) is 10.3. The molecule has 1 unspecified atom stereocenters. The predicted molar refractivity (Wildman–Crippen MR) is 71.5 cm³/mol. The maximum atomic E-state index is 5.93. The lowest BCUT2D eigenvalue weighted by atomic mass is 10.1. The van der Waals surface area contributed by atoms with Gasteiger partial charge in [-0.05, 0) is 49.4 Å². The Morgan fingerprint density at radius 2 is 2.29 bits per heavy atom. The van der Waals surface area contributed by atoms with Gasteiger partial charge >= 0.3 is 0 Å². The number of aryl methyl sites for hydroxylation is 1. The molecule has 0 saturated carbocycles. The molecule has 1 saturated heterocycles. The van der Waals surface area contributed by atoms with Gasteiger partial charge in [0, 0.05) is 24.7 Å². The Kier molecular flexibility index (Phi) is 4.84. The smallest absolute Gasteiger partial charge is 0.0699 e. The fourth-order valence-electron chi connectivity index (χ4n) is 2.19. The molecule has 0 aromatic heterocycles. The fourth-order valence-corrected chi connectivity index (χ4v) is 2.42. The summed E-state index contributed by atoms with van der Waals surface area (Å²) < 4.78 is 5.68. The third-order valence-corrected chi connectivity index (χ3v) is 3.50. The van der Waals surface area contributed by atoms with Crippen LogP contribution in [0.5, 0.6) is 0 Å². The van der Waals surface area contributed by atoms with Crippen molar-refractivity contribution < 1.29 is 4.74 Å². The molecule has 1 fully saturated rings. The highest BCUT2D eigenvalue weighted by molar-refractivity contribution is 6.30. The van der Waals surface area contributed by atoms with Gasteiger partial charge in [-0.15, -0.1) is 0 Å². The van der Waals surface area contributed by atoms with Gasteiger partial charge in [0.2, 0.25) is 0 Å².